The summed E-state index contributed by atoms with van der Waals surface area (Å²) in [5.41, 5.74) is 1.07. The zero-order valence-electron chi connectivity index (χ0n) is 9.19. The minimum absolute atomic E-state index is 0.0271. The van der Waals surface area contributed by atoms with Gasteiger partial charge in [-0.25, -0.2) is 4.79 Å². The van der Waals surface area contributed by atoms with Crippen molar-refractivity contribution in [3.63, 3.8) is 0 Å². The molecule has 1 N–H and O–H groups in total. The van der Waals surface area contributed by atoms with Crippen LogP contribution in [0.25, 0.3) is 0 Å². The van der Waals surface area contributed by atoms with Gasteiger partial charge in [-0.3, -0.25) is 0 Å². The van der Waals surface area contributed by atoms with E-state index in [2.05, 4.69) is 5.32 Å². The van der Waals surface area contributed by atoms with Gasteiger partial charge in [0.05, 0.1) is 0 Å². The standard InChI is InChI=1S/C12H17NO2/c1-3-10(2)15-12(14)13-9-11-7-5-4-6-8-11/h4-8,10H,3,9H2,1-2H3,(H,13,14)/t10-/m0/s1. The number of hydrogen-bond donors (Lipinski definition) is 1. The molecule has 1 amide bonds. The van der Waals surface area contributed by atoms with E-state index in [4.69, 9.17) is 4.74 Å². The lowest BCUT2D eigenvalue weighted by Gasteiger charge is -2.11. The van der Waals surface area contributed by atoms with E-state index in [-0.39, 0.29) is 12.2 Å². The highest BCUT2D eigenvalue weighted by Crippen LogP contribution is 1.99. The molecule has 0 aromatic heterocycles. The lowest BCUT2D eigenvalue weighted by Crippen LogP contribution is -2.27. The molecule has 1 aromatic carbocycles. The minimum Gasteiger partial charge on any atom is -0.447 e. The molecule has 15 heavy (non-hydrogen) atoms. The van der Waals surface area contributed by atoms with Crippen LogP contribution in [-0.2, 0) is 11.3 Å². The number of benzene rings is 1. The third-order valence-electron chi connectivity index (χ3n) is 2.16. The van der Waals surface area contributed by atoms with E-state index < -0.39 is 0 Å². The van der Waals surface area contributed by atoms with Gasteiger partial charge in [-0.2, -0.15) is 0 Å². The molecule has 0 bridgehead atoms. The van der Waals surface area contributed by atoms with Gasteiger partial charge in [-0.15, -0.1) is 0 Å². The topological polar surface area (TPSA) is 38.3 Å². The van der Waals surface area contributed by atoms with Crippen LogP contribution in [0, 0.1) is 0 Å². The summed E-state index contributed by atoms with van der Waals surface area (Å²) < 4.78 is 5.07. The highest BCUT2D eigenvalue weighted by atomic mass is 16.6. The molecule has 0 radical (unpaired) electrons. The lowest BCUT2D eigenvalue weighted by molar-refractivity contribution is 0.104. The number of carbonyl (C=O) groups is 1. The smallest absolute Gasteiger partial charge is 0.407 e. The molecule has 0 aliphatic heterocycles. The van der Waals surface area contributed by atoms with Crippen LogP contribution in [0.15, 0.2) is 30.3 Å². The van der Waals surface area contributed by atoms with Crippen molar-refractivity contribution in [1.82, 2.24) is 5.32 Å². The second-order valence-corrected chi connectivity index (χ2v) is 3.46. The van der Waals surface area contributed by atoms with Gasteiger partial charge in [0.1, 0.15) is 6.10 Å². The van der Waals surface area contributed by atoms with Crippen molar-refractivity contribution in [3.05, 3.63) is 35.9 Å². The summed E-state index contributed by atoms with van der Waals surface area (Å²) in [6.07, 6.45) is 0.452. The van der Waals surface area contributed by atoms with Crippen molar-refractivity contribution in [2.45, 2.75) is 32.9 Å². The second kappa shape index (κ2) is 6.06. The zero-order chi connectivity index (χ0) is 11.1. The summed E-state index contributed by atoms with van der Waals surface area (Å²) in [5.74, 6) is 0. The first-order valence-electron chi connectivity index (χ1n) is 5.20. The largest absolute Gasteiger partial charge is 0.447 e. The van der Waals surface area contributed by atoms with Crippen molar-refractivity contribution < 1.29 is 9.53 Å². The van der Waals surface area contributed by atoms with Crippen LogP contribution in [0.2, 0.25) is 0 Å². The van der Waals surface area contributed by atoms with E-state index >= 15 is 0 Å². The number of amides is 1. The Morgan fingerprint density at radius 1 is 1.40 bits per heavy atom. The van der Waals surface area contributed by atoms with Gasteiger partial charge < -0.3 is 10.1 Å². The molecule has 0 heterocycles. The Bertz CT molecular complexity index is 298. The van der Waals surface area contributed by atoms with Gasteiger partial charge in [0.25, 0.3) is 0 Å². The Labute approximate surface area is 90.4 Å². The van der Waals surface area contributed by atoms with Crippen LogP contribution < -0.4 is 5.32 Å². The van der Waals surface area contributed by atoms with Gasteiger partial charge in [0.15, 0.2) is 0 Å². The summed E-state index contributed by atoms with van der Waals surface area (Å²) >= 11 is 0. The van der Waals surface area contributed by atoms with Crippen LogP contribution in [0.5, 0.6) is 0 Å². The van der Waals surface area contributed by atoms with Crippen molar-refractivity contribution in [2.75, 3.05) is 0 Å². The van der Waals surface area contributed by atoms with Crippen LogP contribution in [-0.4, -0.2) is 12.2 Å². The molecule has 0 fully saturated rings. The fraction of sp³-hybridized carbons (Fsp3) is 0.417. The Kier molecular flexibility index (Phi) is 4.68. The number of carbonyl (C=O) groups excluding carboxylic acids is 1. The van der Waals surface area contributed by atoms with Crippen molar-refractivity contribution in [1.29, 1.82) is 0 Å². The maximum absolute atomic E-state index is 11.3. The maximum Gasteiger partial charge on any atom is 0.407 e. The molecule has 0 unspecified atom stereocenters. The molecule has 0 saturated carbocycles. The average Bonchev–Trinajstić information content (AvgIpc) is 2.27. The highest BCUT2D eigenvalue weighted by Gasteiger charge is 2.05. The number of ether oxygens (including phenoxy) is 1. The van der Waals surface area contributed by atoms with E-state index in [9.17, 15) is 4.79 Å². The molecule has 1 rings (SSSR count). The molecule has 3 nitrogen and oxygen atoms in total. The van der Waals surface area contributed by atoms with E-state index in [0.717, 1.165) is 12.0 Å². The van der Waals surface area contributed by atoms with Crippen molar-refractivity contribution in [2.24, 2.45) is 0 Å². The molecule has 82 valence electrons. The first-order valence-corrected chi connectivity index (χ1v) is 5.20. The van der Waals surface area contributed by atoms with E-state index in [1.165, 1.54) is 0 Å². The van der Waals surface area contributed by atoms with E-state index in [1.54, 1.807) is 0 Å². The van der Waals surface area contributed by atoms with E-state index in [1.807, 2.05) is 44.2 Å². The molecule has 1 atom stereocenters. The summed E-state index contributed by atoms with van der Waals surface area (Å²) in [4.78, 5) is 11.3. The normalized spacial score (nSPS) is 11.9. The molecule has 0 saturated heterocycles. The summed E-state index contributed by atoms with van der Waals surface area (Å²) in [6.45, 7) is 4.37. The molecule has 0 spiro atoms. The number of rotatable bonds is 4. The molecular weight excluding hydrogens is 190 g/mol. The Balaban J connectivity index is 2.29. The summed E-state index contributed by atoms with van der Waals surface area (Å²) in [7, 11) is 0. The van der Waals surface area contributed by atoms with Crippen LogP contribution in [0.4, 0.5) is 4.79 Å². The molecule has 0 aliphatic rings. The monoisotopic (exact) mass is 207 g/mol. The second-order valence-electron chi connectivity index (χ2n) is 3.46. The lowest BCUT2D eigenvalue weighted by atomic mass is 10.2. The van der Waals surface area contributed by atoms with Gasteiger partial charge in [0.2, 0.25) is 0 Å². The SMILES string of the molecule is CC[C@H](C)OC(=O)NCc1ccccc1. The number of alkyl carbamates (subject to hydrolysis) is 1. The van der Waals surface area contributed by atoms with Gasteiger partial charge in [0, 0.05) is 6.54 Å². The Morgan fingerprint density at radius 3 is 2.67 bits per heavy atom. The fourth-order valence-electron chi connectivity index (χ4n) is 1.08. The maximum atomic E-state index is 11.3. The molecule has 3 heteroatoms. The van der Waals surface area contributed by atoms with Crippen LogP contribution in [0.1, 0.15) is 25.8 Å². The molecule has 1 aromatic rings. The highest BCUT2D eigenvalue weighted by molar-refractivity contribution is 5.67. The fourth-order valence-corrected chi connectivity index (χ4v) is 1.08. The number of nitrogens with one attached hydrogen (secondary N) is 1. The van der Waals surface area contributed by atoms with E-state index in [0.29, 0.717) is 6.54 Å². The van der Waals surface area contributed by atoms with Crippen LogP contribution in [0.3, 0.4) is 0 Å². The van der Waals surface area contributed by atoms with Crippen LogP contribution >= 0.6 is 0 Å². The van der Waals surface area contributed by atoms with Gasteiger partial charge in [-0.05, 0) is 18.9 Å². The van der Waals surface area contributed by atoms with Gasteiger partial charge in [-0.1, -0.05) is 37.3 Å². The first-order chi connectivity index (χ1) is 7.22. The zero-order valence-corrected chi connectivity index (χ0v) is 9.19. The first kappa shape index (κ1) is 11.6. The van der Waals surface area contributed by atoms with Crippen molar-refractivity contribution in [3.8, 4) is 0 Å². The molecule has 0 aliphatic carbocycles. The molecular formula is C12H17NO2. The number of hydrogen-bond acceptors (Lipinski definition) is 2. The summed E-state index contributed by atoms with van der Waals surface area (Å²) in [5, 5.41) is 2.70. The third-order valence-corrected chi connectivity index (χ3v) is 2.16. The quantitative estimate of drug-likeness (QED) is 0.824. The Morgan fingerprint density at radius 2 is 2.07 bits per heavy atom. The van der Waals surface area contributed by atoms with Gasteiger partial charge >= 0.3 is 6.09 Å². The summed E-state index contributed by atoms with van der Waals surface area (Å²) in [6, 6.07) is 9.75. The third kappa shape index (κ3) is 4.49. The Hall–Kier alpha value is -1.51. The predicted molar refractivity (Wildman–Crippen MR) is 59.5 cm³/mol. The minimum atomic E-state index is -0.354. The average molecular weight is 207 g/mol. The predicted octanol–water partition coefficient (Wildman–Crippen LogP) is 2.71. The van der Waals surface area contributed by atoms with Crippen molar-refractivity contribution >= 4 is 6.09 Å².